The van der Waals surface area contributed by atoms with Crippen LogP contribution in [0.5, 0.6) is 5.75 Å². The van der Waals surface area contributed by atoms with Crippen LogP contribution in [0.1, 0.15) is 52.3 Å². The van der Waals surface area contributed by atoms with Crippen LogP contribution in [0.15, 0.2) is 23.6 Å². The third-order valence-corrected chi connectivity index (χ3v) is 5.95. The second kappa shape index (κ2) is 8.37. The molecule has 1 aliphatic carbocycles. The molecule has 26 heavy (non-hydrogen) atoms. The SMILES string of the molecule is Cl.NCc1nc(C(=O)N(Cc2ccc3c(c2)CCO3)C2CCCC2)cs1. The molecule has 2 aliphatic rings. The third-order valence-electron chi connectivity index (χ3n) is 5.08. The molecule has 2 aromatic rings. The maximum atomic E-state index is 13.1. The fourth-order valence-corrected chi connectivity index (χ4v) is 4.42. The highest BCUT2D eigenvalue weighted by Crippen LogP contribution is 2.30. The second-order valence-corrected chi connectivity index (χ2v) is 7.69. The molecule has 1 fully saturated rings. The summed E-state index contributed by atoms with van der Waals surface area (Å²) >= 11 is 1.46. The van der Waals surface area contributed by atoms with Gasteiger partial charge in [-0.1, -0.05) is 25.0 Å². The molecule has 2 N–H and O–H groups in total. The average Bonchev–Trinajstić information content (AvgIpc) is 3.39. The summed E-state index contributed by atoms with van der Waals surface area (Å²) in [6.07, 6.45) is 5.49. The summed E-state index contributed by atoms with van der Waals surface area (Å²) in [5.41, 5.74) is 8.59. The molecule has 7 heteroatoms. The summed E-state index contributed by atoms with van der Waals surface area (Å²) in [5.74, 6) is 1.01. The van der Waals surface area contributed by atoms with E-state index in [-0.39, 0.29) is 18.3 Å². The zero-order chi connectivity index (χ0) is 17.2. The van der Waals surface area contributed by atoms with Crippen molar-refractivity contribution in [1.29, 1.82) is 0 Å². The standard InChI is InChI=1S/C19H23N3O2S.ClH/c20-10-18-21-16(12-25-18)19(23)22(15-3-1-2-4-15)11-13-5-6-17-14(9-13)7-8-24-17;/h5-6,9,12,15H,1-4,7-8,10-11,20H2;1H. The highest BCUT2D eigenvalue weighted by molar-refractivity contribution is 7.09. The largest absolute Gasteiger partial charge is 0.493 e. The molecule has 0 bridgehead atoms. The first-order valence-corrected chi connectivity index (χ1v) is 9.82. The number of nitrogens with zero attached hydrogens (tertiary/aromatic N) is 2. The monoisotopic (exact) mass is 393 g/mol. The molecule has 1 amide bonds. The lowest BCUT2D eigenvalue weighted by molar-refractivity contribution is 0.0659. The fourth-order valence-electron chi connectivity index (χ4n) is 3.77. The Labute approximate surface area is 164 Å². The van der Waals surface area contributed by atoms with Gasteiger partial charge in [-0.3, -0.25) is 4.79 Å². The van der Waals surface area contributed by atoms with Crippen LogP contribution in [0, 0.1) is 0 Å². The lowest BCUT2D eigenvalue weighted by Gasteiger charge is -2.28. The van der Waals surface area contributed by atoms with Gasteiger partial charge in [-0.15, -0.1) is 23.7 Å². The number of halogens is 1. The van der Waals surface area contributed by atoms with Crippen molar-refractivity contribution in [1.82, 2.24) is 9.88 Å². The number of thiazole rings is 1. The number of hydrogen-bond acceptors (Lipinski definition) is 5. The number of amides is 1. The van der Waals surface area contributed by atoms with Crippen LogP contribution in [0.25, 0.3) is 0 Å². The highest BCUT2D eigenvalue weighted by atomic mass is 35.5. The Balaban J connectivity index is 0.00000196. The molecule has 0 atom stereocenters. The molecular weight excluding hydrogens is 370 g/mol. The van der Waals surface area contributed by atoms with Gasteiger partial charge in [0.25, 0.3) is 5.91 Å². The lowest BCUT2D eigenvalue weighted by Crippen LogP contribution is -2.38. The van der Waals surface area contributed by atoms with E-state index in [1.54, 1.807) is 0 Å². The van der Waals surface area contributed by atoms with E-state index in [1.165, 1.54) is 35.3 Å². The molecular formula is C19H24ClN3O2S. The Morgan fingerprint density at radius 2 is 2.15 bits per heavy atom. The van der Waals surface area contributed by atoms with E-state index in [9.17, 15) is 4.79 Å². The van der Waals surface area contributed by atoms with Crippen LogP contribution in [-0.2, 0) is 19.5 Å². The molecule has 140 valence electrons. The number of hydrogen-bond donors (Lipinski definition) is 1. The number of nitrogens with two attached hydrogens (primary N) is 1. The van der Waals surface area contributed by atoms with Crippen molar-refractivity contribution >= 4 is 29.7 Å². The molecule has 4 rings (SSSR count). The Kier molecular flexibility index (Phi) is 6.16. The Morgan fingerprint density at radius 3 is 2.88 bits per heavy atom. The van der Waals surface area contributed by atoms with Gasteiger partial charge in [0.05, 0.1) is 6.61 Å². The van der Waals surface area contributed by atoms with Gasteiger partial charge in [0.2, 0.25) is 0 Å². The fraction of sp³-hybridized carbons (Fsp3) is 0.474. The molecule has 0 saturated heterocycles. The topological polar surface area (TPSA) is 68.5 Å². The van der Waals surface area contributed by atoms with Crippen molar-refractivity contribution in [3.8, 4) is 5.75 Å². The number of aromatic nitrogens is 1. The van der Waals surface area contributed by atoms with Crippen LogP contribution in [-0.4, -0.2) is 28.4 Å². The van der Waals surface area contributed by atoms with Gasteiger partial charge in [-0.25, -0.2) is 4.98 Å². The molecule has 1 aliphatic heterocycles. The van der Waals surface area contributed by atoms with E-state index in [1.807, 2.05) is 16.3 Å². The van der Waals surface area contributed by atoms with E-state index in [2.05, 4.69) is 17.1 Å². The van der Waals surface area contributed by atoms with Gasteiger partial charge in [-0.05, 0) is 30.0 Å². The lowest BCUT2D eigenvalue weighted by atomic mass is 10.1. The van der Waals surface area contributed by atoms with Crippen molar-refractivity contribution in [2.75, 3.05) is 6.61 Å². The zero-order valence-corrected chi connectivity index (χ0v) is 16.3. The second-order valence-electron chi connectivity index (χ2n) is 6.74. The molecule has 0 spiro atoms. The Bertz CT molecular complexity index is 774. The van der Waals surface area contributed by atoms with Gasteiger partial charge >= 0.3 is 0 Å². The maximum absolute atomic E-state index is 13.1. The van der Waals surface area contributed by atoms with E-state index in [4.69, 9.17) is 10.5 Å². The summed E-state index contributed by atoms with van der Waals surface area (Å²) in [4.78, 5) is 19.5. The van der Waals surface area contributed by atoms with Gasteiger partial charge < -0.3 is 15.4 Å². The van der Waals surface area contributed by atoms with Gasteiger partial charge in [0, 0.05) is 30.9 Å². The average molecular weight is 394 g/mol. The van der Waals surface area contributed by atoms with Crippen LogP contribution >= 0.6 is 23.7 Å². The van der Waals surface area contributed by atoms with Gasteiger partial charge in [0.15, 0.2) is 0 Å². The molecule has 0 unspecified atom stereocenters. The zero-order valence-electron chi connectivity index (χ0n) is 14.6. The number of benzene rings is 1. The third kappa shape index (κ3) is 3.87. The summed E-state index contributed by atoms with van der Waals surface area (Å²) in [6, 6.07) is 6.60. The molecule has 1 aromatic heterocycles. The van der Waals surface area contributed by atoms with E-state index in [0.717, 1.165) is 36.6 Å². The first-order valence-electron chi connectivity index (χ1n) is 8.94. The summed E-state index contributed by atoms with van der Waals surface area (Å²) < 4.78 is 5.59. The highest BCUT2D eigenvalue weighted by Gasteiger charge is 2.29. The van der Waals surface area contributed by atoms with Crippen molar-refractivity contribution in [2.45, 2.75) is 51.2 Å². The first kappa shape index (κ1) is 19.1. The van der Waals surface area contributed by atoms with E-state index >= 15 is 0 Å². The minimum absolute atomic E-state index is 0. The van der Waals surface area contributed by atoms with Crippen molar-refractivity contribution < 1.29 is 9.53 Å². The molecule has 1 saturated carbocycles. The van der Waals surface area contributed by atoms with Crippen LogP contribution in [0.3, 0.4) is 0 Å². The number of fused-ring (bicyclic) bond motifs is 1. The van der Waals surface area contributed by atoms with E-state index < -0.39 is 0 Å². The predicted octanol–water partition coefficient (Wildman–Crippen LogP) is 3.54. The summed E-state index contributed by atoms with van der Waals surface area (Å²) in [7, 11) is 0. The van der Waals surface area contributed by atoms with Crippen LogP contribution in [0.4, 0.5) is 0 Å². The number of ether oxygens (including phenoxy) is 1. The number of rotatable bonds is 5. The first-order chi connectivity index (χ1) is 12.2. The van der Waals surface area contributed by atoms with Gasteiger partial charge in [0.1, 0.15) is 16.5 Å². The van der Waals surface area contributed by atoms with E-state index in [0.29, 0.717) is 24.8 Å². The summed E-state index contributed by atoms with van der Waals surface area (Å²) in [5, 5.41) is 2.65. The van der Waals surface area contributed by atoms with Gasteiger partial charge in [-0.2, -0.15) is 0 Å². The molecule has 5 nitrogen and oxygen atoms in total. The minimum atomic E-state index is 0. The number of carbonyl (C=O) groups is 1. The quantitative estimate of drug-likeness (QED) is 0.843. The van der Waals surface area contributed by atoms with Crippen LogP contribution in [0.2, 0.25) is 0 Å². The Hall–Kier alpha value is -1.63. The smallest absolute Gasteiger partial charge is 0.273 e. The number of carbonyl (C=O) groups excluding carboxylic acids is 1. The van der Waals surface area contributed by atoms with Crippen molar-refractivity contribution in [3.05, 3.63) is 45.4 Å². The molecule has 0 radical (unpaired) electrons. The van der Waals surface area contributed by atoms with Crippen molar-refractivity contribution in [3.63, 3.8) is 0 Å². The summed E-state index contributed by atoms with van der Waals surface area (Å²) in [6.45, 7) is 1.77. The Morgan fingerprint density at radius 1 is 1.35 bits per heavy atom. The van der Waals surface area contributed by atoms with Crippen LogP contribution < -0.4 is 10.5 Å². The predicted molar refractivity (Wildman–Crippen MR) is 105 cm³/mol. The maximum Gasteiger partial charge on any atom is 0.273 e. The molecule has 2 heterocycles. The minimum Gasteiger partial charge on any atom is -0.493 e. The molecule has 1 aromatic carbocycles. The van der Waals surface area contributed by atoms with Crippen molar-refractivity contribution in [2.24, 2.45) is 5.73 Å². The normalized spacial score (nSPS) is 16.0.